The normalized spacial score (nSPS) is 11.4. The molecule has 0 amide bonds. The first-order valence-corrected chi connectivity index (χ1v) is 13.0. The van der Waals surface area contributed by atoms with Crippen LogP contribution in [-0.2, 0) is 6.54 Å². The third kappa shape index (κ3) is 14.8. The maximum Gasteiger partial charge on any atom is 0.0236 e. The summed E-state index contributed by atoms with van der Waals surface area (Å²) in [4.78, 5) is 2.73. The van der Waals surface area contributed by atoms with Gasteiger partial charge < -0.3 is 0 Å². The van der Waals surface area contributed by atoms with Crippen LogP contribution >= 0.6 is 0 Å². The van der Waals surface area contributed by atoms with Crippen LogP contribution in [0.1, 0.15) is 128 Å². The molecular formula is C28H51N. The van der Waals surface area contributed by atoms with E-state index in [-0.39, 0.29) is 0 Å². The van der Waals surface area contributed by atoms with Gasteiger partial charge in [0.1, 0.15) is 0 Å². The minimum absolute atomic E-state index is 1.14. The predicted octanol–water partition coefficient (Wildman–Crippen LogP) is 9.08. The van der Waals surface area contributed by atoms with Crippen molar-refractivity contribution in [1.29, 1.82) is 0 Å². The van der Waals surface area contributed by atoms with E-state index < -0.39 is 0 Å². The molecule has 0 atom stereocenters. The Morgan fingerprint density at radius 3 is 1.41 bits per heavy atom. The Morgan fingerprint density at radius 2 is 0.966 bits per heavy atom. The summed E-state index contributed by atoms with van der Waals surface area (Å²) in [5.74, 6) is 0. The topological polar surface area (TPSA) is 3.24 Å². The van der Waals surface area contributed by atoms with E-state index in [1.165, 1.54) is 127 Å². The third-order valence-corrected chi connectivity index (χ3v) is 6.31. The summed E-state index contributed by atoms with van der Waals surface area (Å²) in [6.45, 7) is 10.6. The van der Waals surface area contributed by atoms with Gasteiger partial charge >= 0.3 is 0 Å². The molecule has 0 saturated heterocycles. The van der Waals surface area contributed by atoms with Gasteiger partial charge in [0.2, 0.25) is 0 Å². The zero-order valence-electron chi connectivity index (χ0n) is 20.2. The van der Waals surface area contributed by atoms with E-state index in [1.54, 1.807) is 0 Å². The van der Waals surface area contributed by atoms with Crippen LogP contribution in [0, 0.1) is 6.92 Å². The van der Waals surface area contributed by atoms with Crippen molar-refractivity contribution < 1.29 is 0 Å². The molecule has 0 aromatic heterocycles. The van der Waals surface area contributed by atoms with Crippen molar-refractivity contribution in [1.82, 2.24) is 4.90 Å². The summed E-state index contributed by atoms with van der Waals surface area (Å²) in [6, 6.07) is 8.96. The SMILES string of the molecule is CCCCCCCCCCN(CCCCCCCCCC)Cc1ccccc1C. The molecule has 0 bridgehead atoms. The molecule has 0 aliphatic carbocycles. The van der Waals surface area contributed by atoms with E-state index in [4.69, 9.17) is 0 Å². The number of benzene rings is 1. The predicted molar refractivity (Wildman–Crippen MR) is 132 cm³/mol. The Hall–Kier alpha value is -0.820. The maximum absolute atomic E-state index is 2.73. The second-order valence-electron chi connectivity index (χ2n) is 9.15. The highest BCUT2D eigenvalue weighted by atomic mass is 15.1. The van der Waals surface area contributed by atoms with Crippen molar-refractivity contribution in [2.45, 2.75) is 130 Å². The fraction of sp³-hybridized carbons (Fsp3) is 0.786. The lowest BCUT2D eigenvalue weighted by Gasteiger charge is -2.23. The first kappa shape index (κ1) is 26.2. The summed E-state index contributed by atoms with van der Waals surface area (Å²) in [5.41, 5.74) is 2.97. The van der Waals surface area contributed by atoms with Gasteiger partial charge in [-0.05, 0) is 44.0 Å². The van der Waals surface area contributed by atoms with Crippen LogP contribution in [0.15, 0.2) is 24.3 Å². The third-order valence-electron chi connectivity index (χ3n) is 6.31. The minimum atomic E-state index is 1.14. The van der Waals surface area contributed by atoms with Gasteiger partial charge in [0.25, 0.3) is 0 Å². The Balaban J connectivity index is 2.25. The molecule has 1 aromatic rings. The lowest BCUT2D eigenvalue weighted by molar-refractivity contribution is 0.251. The first-order valence-electron chi connectivity index (χ1n) is 13.0. The van der Waals surface area contributed by atoms with Crippen molar-refractivity contribution in [3.8, 4) is 0 Å². The molecule has 0 aliphatic heterocycles. The molecule has 0 saturated carbocycles. The molecule has 0 aliphatic rings. The molecule has 0 spiro atoms. The molecule has 1 rings (SSSR count). The largest absolute Gasteiger partial charge is 0.299 e. The number of unbranched alkanes of at least 4 members (excludes halogenated alkanes) is 14. The summed E-state index contributed by atoms with van der Waals surface area (Å²) in [7, 11) is 0. The van der Waals surface area contributed by atoms with Crippen LogP contribution in [0.5, 0.6) is 0 Å². The van der Waals surface area contributed by atoms with Gasteiger partial charge in [-0.15, -0.1) is 0 Å². The van der Waals surface area contributed by atoms with Crippen molar-refractivity contribution in [2.75, 3.05) is 13.1 Å². The van der Waals surface area contributed by atoms with E-state index in [1.807, 2.05) is 0 Å². The molecule has 0 heterocycles. The second-order valence-corrected chi connectivity index (χ2v) is 9.15. The molecule has 0 N–H and O–H groups in total. The van der Waals surface area contributed by atoms with Crippen molar-refractivity contribution in [2.24, 2.45) is 0 Å². The van der Waals surface area contributed by atoms with Crippen LogP contribution < -0.4 is 0 Å². The Bertz CT molecular complexity index is 447. The van der Waals surface area contributed by atoms with Gasteiger partial charge in [-0.1, -0.05) is 128 Å². The van der Waals surface area contributed by atoms with Gasteiger partial charge in [-0.3, -0.25) is 4.90 Å². The molecule has 29 heavy (non-hydrogen) atoms. The molecule has 168 valence electrons. The van der Waals surface area contributed by atoms with E-state index in [2.05, 4.69) is 49.9 Å². The summed E-state index contributed by atoms with van der Waals surface area (Å²) < 4.78 is 0. The summed E-state index contributed by atoms with van der Waals surface area (Å²) >= 11 is 0. The Labute approximate surface area is 183 Å². The Morgan fingerprint density at radius 1 is 0.552 bits per heavy atom. The van der Waals surface area contributed by atoms with Crippen molar-refractivity contribution in [3.63, 3.8) is 0 Å². The van der Waals surface area contributed by atoms with Crippen LogP contribution in [0.2, 0.25) is 0 Å². The monoisotopic (exact) mass is 401 g/mol. The van der Waals surface area contributed by atoms with Gasteiger partial charge in [0, 0.05) is 6.54 Å². The van der Waals surface area contributed by atoms with Crippen LogP contribution in [0.25, 0.3) is 0 Å². The van der Waals surface area contributed by atoms with Gasteiger partial charge in [-0.25, -0.2) is 0 Å². The van der Waals surface area contributed by atoms with Gasteiger partial charge in [0.05, 0.1) is 0 Å². The quantitative estimate of drug-likeness (QED) is 0.197. The van der Waals surface area contributed by atoms with E-state index in [0.29, 0.717) is 0 Å². The zero-order chi connectivity index (χ0) is 21.0. The molecule has 0 unspecified atom stereocenters. The maximum atomic E-state index is 2.73. The van der Waals surface area contributed by atoms with Crippen LogP contribution in [0.3, 0.4) is 0 Å². The number of hydrogen-bond acceptors (Lipinski definition) is 1. The van der Waals surface area contributed by atoms with Crippen LogP contribution in [-0.4, -0.2) is 18.0 Å². The molecule has 0 fully saturated rings. The molecular weight excluding hydrogens is 350 g/mol. The number of nitrogens with zero attached hydrogens (tertiary/aromatic N) is 1. The summed E-state index contributed by atoms with van der Waals surface area (Å²) in [6.07, 6.45) is 22.6. The number of rotatable bonds is 20. The van der Waals surface area contributed by atoms with Crippen LogP contribution in [0.4, 0.5) is 0 Å². The summed E-state index contributed by atoms with van der Waals surface area (Å²) in [5, 5.41) is 0. The van der Waals surface area contributed by atoms with E-state index in [9.17, 15) is 0 Å². The first-order chi connectivity index (χ1) is 14.3. The van der Waals surface area contributed by atoms with Gasteiger partial charge in [0.15, 0.2) is 0 Å². The molecule has 1 nitrogen and oxygen atoms in total. The van der Waals surface area contributed by atoms with E-state index in [0.717, 1.165) is 6.54 Å². The molecule has 1 aromatic carbocycles. The highest BCUT2D eigenvalue weighted by Crippen LogP contribution is 2.15. The van der Waals surface area contributed by atoms with E-state index >= 15 is 0 Å². The van der Waals surface area contributed by atoms with Crippen molar-refractivity contribution in [3.05, 3.63) is 35.4 Å². The van der Waals surface area contributed by atoms with Gasteiger partial charge in [-0.2, -0.15) is 0 Å². The smallest absolute Gasteiger partial charge is 0.0236 e. The fourth-order valence-corrected chi connectivity index (χ4v) is 4.24. The highest BCUT2D eigenvalue weighted by Gasteiger charge is 2.07. The fourth-order valence-electron chi connectivity index (χ4n) is 4.24. The average Bonchev–Trinajstić information content (AvgIpc) is 2.73. The lowest BCUT2D eigenvalue weighted by atomic mass is 10.1. The highest BCUT2D eigenvalue weighted by molar-refractivity contribution is 5.25. The second kappa shape index (κ2) is 19.2. The number of hydrogen-bond donors (Lipinski definition) is 0. The Kier molecular flexibility index (Phi) is 17.3. The minimum Gasteiger partial charge on any atom is -0.299 e. The van der Waals surface area contributed by atoms with Crippen molar-refractivity contribution >= 4 is 0 Å². The average molecular weight is 402 g/mol. The zero-order valence-corrected chi connectivity index (χ0v) is 20.2. The lowest BCUT2D eigenvalue weighted by Crippen LogP contribution is -2.26. The molecule has 1 heteroatoms. The number of aryl methyl sites for hydroxylation is 1. The standard InChI is InChI=1S/C28H51N/c1-4-6-8-10-12-14-16-20-24-29(26-28-23-19-18-22-27(28)3)25-21-17-15-13-11-9-7-5-2/h18-19,22-23H,4-17,20-21,24-26H2,1-3H3. The molecule has 0 radical (unpaired) electrons.